The molecule has 2 saturated heterocycles. The van der Waals surface area contributed by atoms with Crippen LogP contribution in [0, 0.1) is 0 Å². The second-order valence-corrected chi connectivity index (χ2v) is 6.24. The molecule has 2 atom stereocenters. The number of hydrogen-bond acceptors (Lipinski definition) is 4. The molecule has 2 unspecified atom stereocenters. The zero-order chi connectivity index (χ0) is 15.1. The average molecular weight is 335 g/mol. The van der Waals surface area contributed by atoms with Gasteiger partial charge in [0, 0.05) is 19.7 Å². The first kappa shape index (κ1) is 19.7. The monoisotopic (exact) mass is 334 g/mol. The van der Waals surface area contributed by atoms with Crippen LogP contribution >= 0.6 is 12.4 Å². The van der Waals surface area contributed by atoms with Crippen molar-refractivity contribution in [2.45, 2.75) is 70.1 Å². The summed E-state index contributed by atoms with van der Waals surface area (Å²) in [6.07, 6.45) is 7.63. The normalized spacial score (nSPS) is 24.6. The highest BCUT2D eigenvalue weighted by molar-refractivity contribution is 5.85. The van der Waals surface area contributed by atoms with Gasteiger partial charge >= 0.3 is 0 Å². The van der Waals surface area contributed by atoms with Crippen LogP contribution in [0.2, 0.25) is 0 Å². The van der Waals surface area contributed by atoms with E-state index in [0.29, 0.717) is 6.61 Å². The Hall–Kier alpha value is -0.360. The molecule has 0 aromatic rings. The number of rotatable bonds is 6. The summed E-state index contributed by atoms with van der Waals surface area (Å²) in [5.74, 6) is 0.103. The minimum Gasteiger partial charge on any atom is -0.376 e. The van der Waals surface area contributed by atoms with Gasteiger partial charge in [-0.2, -0.15) is 0 Å². The maximum atomic E-state index is 12.1. The number of carbonyl (C=O) groups is 1. The Bertz CT molecular complexity index is 317. The third-order valence-electron chi connectivity index (χ3n) is 4.46. The SMILES string of the molecule is CCCC(N)C(=O)N1CCC(OCC2CCCCO2)CC1.Cl. The van der Waals surface area contributed by atoms with Crippen molar-refractivity contribution in [1.82, 2.24) is 4.90 Å². The van der Waals surface area contributed by atoms with E-state index in [4.69, 9.17) is 15.2 Å². The molecule has 0 spiro atoms. The van der Waals surface area contributed by atoms with Crippen molar-refractivity contribution < 1.29 is 14.3 Å². The Morgan fingerprint density at radius 1 is 1.32 bits per heavy atom. The van der Waals surface area contributed by atoms with Gasteiger partial charge in [-0.1, -0.05) is 13.3 Å². The predicted molar refractivity (Wildman–Crippen MR) is 89.3 cm³/mol. The second-order valence-electron chi connectivity index (χ2n) is 6.24. The zero-order valence-corrected chi connectivity index (χ0v) is 14.5. The highest BCUT2D eigenvalue weighted by Gasteiger charge is 2.27. The third-order valence-corrected chi connectivity index (χ3v) is 4.46. The van der Waals surface area contributed by atoms with Crippen molar-refractivity contribution in [1.29, 1.82) is 0 Å². The lowest BCUT2D eigenvalue weighted by Gasteiger charge is -2.34. The number of piperidine rings is 1. The first-order valence-corrected chi connectivity index (χ1v) is 8.48. The van der Waals surface area contributed by atoms with Gasteiger partial charge in [0.25, 0.3) is 0 Å². The molecule has 2 rings (SSSR count). The summed E-state index contributed by atoms with van der Waals surface area (Å²) in [6.45, 7) is 5.17. The topological polar surface area (TPSA) is 64.8 Å². The van der Waals surface area contributed by atoms with Gasteiger partial charge in [0.15, 0.2) is 0 Å². The molecule has 2 aliphatic heterocycles. The Balaban J connectivity index is 0.00000242. The van der Waals surface area contributed by atoms with Crippen LogP contribution in [-0.2, 0) is 14.3 Å². The van der Waals surface area contributed by atoms with Crippen LogP contribution in [0.3, 0.4) is 0 Å². The van der Waals surface area contributed by atoms with Crippen LogP contribution in [0.15, 0.2) is 0 Å². The molecule has 2 aliphatic rings. The number of ether oxygens (including phenoxy) is 2. The van der Waals surface area contributed by atoms with Crippen LogP contribution in [0.1, 0.15) is 51.9 Å². The minimum atomic E-state index is -0.330. The predicted octanol–water partition coefficient (Wildman–Crippen LogP) is 2.11. The van der Waals surface area contributed by atoms with Gasteiger partial charge in [0.05, 0.1) is 24.9 Å². The smallest absolute Gasteiger partial charge is 0.239 e. The molecule has 6 heteroatoms. The number of amides is 1. The molecule has 0 bridgehead atoms. The summed E-state index contributed by atoms with van der Waals surface area (Å²) >= 11 is 0. The minimum absolute atomic E-state index is 0. The quantitative estimate of drug-likeness (QED) is 0.808. The zero-order valence-electron chi connectivity index (χ0n) is 13.7. The Labute approximate surface area is 140 Å². The first-order chi connectivity index (χ1) is 10.2. The summed E-state index contributed by atoms with van der Waals surface area (Å²) in [5.41, 5.74) is 5.91. The van der Waals surface area contributed by atoms with Crippen LogP contribution in [0.25, 0.3) is 0 Å². The maximum absolute atomic E-state index is 12.1. The van der Waals surface area contributed by atoms with E-state index in [-0.39, 0.29) is 36.6 Å². The summed E-state index contributed by atoms with van der Waals surface area (Å²) in [7, 11) is 0. The largest absolute Gasteiger partial charge is 0.376 e. The van der Waals surface area contributed by atoms with E-state index in [0.717, 1.165) is 51.8 Å². The first-order valence-electron chi connectivity index (χ1n) is 8.48. The Morgan fingerprint density at radius 3 is 2.64 bits per heavy atom. The fourth-order valence-electron chi connectivity index (χ4n) is 3.09. The van der Waals surface area contributed by atoms with E-state index in [1.165, 1.54) is 12.8 Å². The maximum Gasteiger partial charge on any atom is 0.239 e. The molecule has 130 valence electrons. The van der Waals surface area contributed by atoms with Crippen molar-refractivity contribution in [3.63, 3.8) is 0 Å². The number of likely N-dealkylation sites (tertiary alicyclic amines) is 1. The third kappa shape index (κ3) is 6.03. The van der Waals surface area contributed by atoms with E-state index in [1.54, 1.807) is 0 Å². The number of nitrogens with zero attached hydrogens (tertiary/aromatic N) is 1. The second kappa shape index (κ2) is 10.4. The molecule has 2 N–H and O–H groups in total. The van der Waals surface area contributed by atoms with Crippen molar-refractivity contribution in [3.8, 4) is 0 Å². The van der Waals surface area contributed by atoms with Gasteiger partial charge in [0.1, 0.15) is 0 Å². The van der Waals surface area contributed by atoms with Gasteiger partial charge in [-0.3, -0.25) is 4.79 Å². The van der Waals surface area contributed by atoms with Gasteiger partial charge in [-0.25, -0.2) is 0 Å². The molecule has 0 saturated carbocycles. The molecule has 0 radical (unpaired) electrons. The fraction of sp³-hybridized carbons (Fsp3) is 0.938. The van der Waals surface area contributed by atoms with Gasteiger partial charge < -0.3 is 20.1 Å². The highest BCUT2D eigenvalue weighted by Crippen LogP contribution is 2.18. The summed E-state index contributed by atoms with van der Waals surface area (Å²) < 4.78 is 11.6. The lowest BCUT2D eigenvalue weighted by Crippen LogP contribution is -2.48. The van der Waals surface area contributed by atoms with Gasteiger partial charge in [0.2, 0.25) is 5.91 Å². The van der Waals surface area contributed by atoms with Crippen molar-refractivity contribution >= 4 is 18.3 Å². The van der Waals surface area contributed by atoms with Crippen LogP contribution in [0.5, 0.6) is 0 Å². The van der Waals surface area contributed by atoms with E-state index in [2.05, 4.69) is 6.92 Å². The molecular formula is C16H31ClN2O3. The van der Waals surface area contributed by atoms with Gasteiger partial charge in [-0.15, -0.1) is 12.4 Å². The fourth-order valence-corrected chi connectivity index (χ4v) is 3.09. The average Bonchev–Trinajstić information content (AvgIpc) is 2.54. The van der Waals surface area contributed by atoms with Gasteiger partial charge in [-0.05, 0) is 38.5 Å². The van der Waals surface area contributed by atoms with Crippen LogP contribution in [0.4, 0.5) is 0 Å². The summed E-state index contributed by atoms with van der Waals surface area (Å²) in [6, 6.07) is -0.330. The van der Waals surface area contributed by atoms with E-state index >= 15 is 0 Å². The molecular weight excluding hydrogens is 304 g/mol. The summed E-state index contributed by atoms with van der Waals surface area (Å²) in [4.78, 5) is 14.0. The van der Waals surface area contributed by atoms with E-state index in [1.807, 2.05) is 4.90 Å². The molecule has 0 aliphatic carbocycles. The molecule has 1 amide bonds. The number of halogens is 1. The van der Waals surface area contributed by atoms with Crippen molar-refractivity contribution in [2.24, 2.45) is 5.73 Å². The number of nitrogens with two attached hydrogens (primary N) is 1. The lowest BCUT2D eigenvalue weighted by molar-refractivity contribution is -0.136. The van der Waals surface area contributed by atoms with Crippen LogP contribution in [-0.4, -0.2) is 55.4 Å². The van der Waals surface area contributed by atoms with Crippen molar-refractivity contribution in [2.75, 3.05) is 26.3 Å². The van der Waals surface area contributed by atoms with E-state index < -0.39 is 0 Å². The number of carbonyl (C=O) groups excluding carboxylic acids is 1. The Kier molecular flexibility index (Phi) is 9.33. The molecule has 0 aromatic heterocycles. The van der Waals surface area contributed by atoms with E-state index in [9.17, 15) is 4.79 Å². The molecule has 2 heterocycles. The van der Waals surface area contributed by atoms with Crippen molar-refractivity contribution in [3.05, 3.63) is 0 Å². The molecule has 2 fully saturated rings. The highest BCUT2D eigenvalue weighted by atomic mass is 35.5. The lowest BCUT2D eigenvalue weighted by atomic mass is 10.0. The summed E-state index contributed by atoms with van der Waals surface area (Å²) in [5, 5.41) is 0. The molecule has 5 nitrogen and oxygen atoms in total. The Morgan fingerprint density at radius 2 is 2.05 bits per heavy atom. The standard InChI is InChI=1S/C16H30N2O3.ClH/c1-2-5-15(17)16(19)18-9-7-13(8-10-18)21-12-14-6-3-4-11-20-14;/h13-15H,2-12,17H2,1H3;1H. The molecule has 22 heavy (non-hydrogen) atoms. The number of hydrogen-bond donors (Lipinski definition) is 1. The van der Waals surface area contributed by atoms with Crippen LogP contribution < -0.4 is 5.73 Å². The molecule has 0 aromatic carbocycles.